The summed E-state index contributed by atoms with van der Waals surface area (Å²) in [5, 5.41) is 0. The summed E-state index contributed by atoms with van der Waals surface area (Å²) in [6.45, 7) is 0. The van der Waals surface area contributed by atoms with Gasteiger partial charge in [-0.1, -0.05) is 52.6 Å². The first-order valence-electron chi connectivity index (χ1n) is 10.7. The van der Waals surface area contributed by atoms with Crippen molar-refractivity contribution in [3.63, 3.8) is 0 Å². The second-order valence-corrected chi connectivity index (χ2v) is 8.48. The molecule has 0 unspecified atom stereocenters. The van der Waals surface area contributed by atoms with Gasteiger partial charge in [-0.25, -0.2) is 0 Å². The molecule has 0 aliphatic heterocycles. The van der Waals surface area contributed by atoms with Crippen LogP contribution in [0.15, 0.2) is 120 Å². The van der Waals surface area contributed by atoms with Crippen LogP contribution in [0.4, 0.5) is 0 Å². The van der Waals surface area contributed by atoms with Crippen molar-refractivity contribution in [2.45, 2.75) is 12.8 Å². The fourth-order valence-electron chi connectivity index (χ4n) is 3.72. The van der Waals surface area contributed by atoms with Crippen LogP contribution in [0.25, 0.3) is 22.3 Å². The predicted molar refractivity (Wildman–Crippen MR) is 129 cm³/mol. The molecule has 0 saturated heterocycles. The number of halogens is 2. The monoisotopic (exact) mass is 560 g/mol. The third-order valence-corrected chi connectivity index (χ3v) is 5.82. The molecular formula is C30H24Cl2OZr-2. The van der Waals surface area contributed by atoms with Gasteiger partial charge in [0.1, 0.15) is 0 Å². The molecule has 0 radical (unpaired) electrons. The van der Waals surface area contributed by atoms with E-state index in [1.54, 1.807) is 12.5 Å². The van der Waals surface area contributed by atoms with E-state index in [0.717, 1.165) is 18.4 Å². The number of hydrogen-bond donors (Lipinski definition) is 0. The Morgan fingerprint density at radius 3 is 2.24 bits per heavy atom. The maximum atomic E-state index is 4.94. The molecule has 0 bridgehead atoms. The van der Waals surface area contributed by atoms with E-state index in [1.807, 2.05) is 30.3 Å². The molecule has 0 saturated carbocycles. The van der Waals surface area contributed by atoms with Crippen molar-refractivity contribution >= 4 is 3.71 Å². The van der Waals surface area contributed by atoms with Crippen LogP contribution in [-0.2, 0) is 37.1 Å². The molecule has 170 valence electrons. The molecule has 5 aromatic rings. The first-order valence-corrected chi connectivity index (χ1v) is 12.1. The molecule has 0 fully saturated rings. The number of fused-ring (bicyclic) bond motifs is 3. The molecule has 0 N–H and O–H groups in total. The Balaban J connectivity index is 0.000000179. The van der Waals surface area contributed by atoms with Crippen LogP contribution in [0.5, 0.6) is 0 Å². The maximum Gasteiger partial charge on any atom is 0.0471 e. The fraction of sp³-hybridized carbons (Fsp3) is 0.0667. The van der Waals surface area contributed by atoms with Gasteiger partial charge in [-0.05, 0) is 6.42 Å². The summed E-state index contributed by atoms with van der Waals surface area (Å²) in [5.74, 6) is 0. The van der Waals surface area contributed by atoms with E-state index in [-0.39, 0.29) is 24.8 Å². The Hall–Kier alpha value is -2.38. The van der Waals surface area contributed by atoms with Crippen LogP contribution >= 0.6 is 0 Å². The second kappa shape index (κ2) is 14.8. The summed E-state index contributed by atoms with van der Waals surface area (Å²) in [4.78, 5) is 0. The first-order chi connectivity index (χ1) is 15.8. The maximum absolute atomic E-state index is 4.94. The van der Waals surface area contributed by atoms with Crippen molar-refractivity contribution in [3.05, 3.63) is 138 Å². The van der Waals surface area contributed by atoms with Gasteiger partial charge in [0, 0.05) is 12.5 Å². The summed E-state index contributed by atoms with van der Waals surface area (Å²) >= 11 is 1.51. The van der Waals surface area contributed by atoms with Crippen LogP contribution in [-0.4, -0.2) is 3.71 Å². The molecule has 6 rings (SSSR count). The van der Waals surface area contributed by atoms with Crippen molar-refractivity contribution in [2.75, 3.05) is 0 Å². The normalized spacial score (nSPS) is 10.1. The largest absolute Gasteiger partial charge is 0.515 e. The Kier molecular flexibility index (Phi) is 12.1. The molecule has 1 nitrogen and oxygen atoms in total. The second-order valence-electron chi connectivity index (χ2n) is 7.48. The van der Waals surface area contributed by atoms with Crippen molar-refractivity contribution < 1.29 is 53.5 Å². The van der Waals surface area contributed by atoms with Gasteiger partial charge in [0.2, 0.25) is 0 Å². The average Bonchev–Trinajstić information content (AvgIpc) is 3.61. The smallest absolute Gasteiger partial charge is 0.0471 e. The van der Waals surface area contributed by atoms with Gasteiger partial charge in [-0.2, -0.15) is 42.0 Å². The molecule has 1 aliphatic carbocycles. The predicted octanol–water partition coefficient (Wildman–Crippen LogP) is 1.31. The van der Waals surface area contributed by atoms with Gasteiger partial charge in [0.15, 0.2) is 0 Å². The van der Waals surface area contributed by atoms with Gasteiger partial charge in [-0.15, -0.1) is 17.7 Å². The molecule has 1 aliphatic rings. The van der Waals surface area contributed by atoms with E-state index in [1.165, 1.54) is 57.6 Å². The molecule has 34 heavy (non-hydrogen) atoms. The minimum absolute atomic E-state index is 0. The van der Waals surface area contributed by atoms with Crippen molar-refractivity contribution in [1.29, 1.82) is 0 Å². The van der Waals surface area contributed by atoms with Gasteiger partial charge >= 0.3 is 70.3 Å². The van der Waals surface area contributed by atoms with E-state index < -0.39 is 0 Å². The molecule has 0 amide bonds. The molecule has 4 aromatic carbocycles. The van der Waals surface area contributed by atoms with E-state index in [0.29, 0.717) is 0 Å². The van der Waals surface area contributed by atoms with E-state index in [9.17, 15) is 0 Å². The quantitative estimate of drug-likeness (QED) is 0.297. The minimum atomic E-state index is 0. The Labute approximate surface area is 229 Å². The van der Waals surface area contributed by atoms with Crippen LogP contribution in [0.1, 0.15) is 16.7 Å². The third kappa shape index (κ3) is 7.57. The molecule has 1 aromatic heterocycles. The van der Waals surface area contributed by atoms with E-state index in [4.69, 9.17) is 4.42 Å². The SMILES string of the molecule is [Cl-].[Cl-].[Zr+2]=[CH]Cc1ccccc1.[c-]1cccc2c1Cc1ccccc1-2.c1cc[c-](-c2ccoc2)c1. The number of furan rings is 1. The van der Waals surface area contributed by atoms with Crippen molar-refractivity contribution in [1.82, 2.24) is 0 Å². The molecule has 0 spiro atoms. The summed E-state index contributed by atoms with van der Waals surface area (Å²) in [5.41, 5.74) is 9.28. The summed E-state index contributed by atoms with van der Waals surface area (Å²) in [7, 11) is 0. The standard InChI is InChI=1S/C13H9.C9H7O.C8H8.2ClH.Zr/c1-3-7-12-10(5-1)9-11-6-2-4-8-13(11)12;1-2-4-8(3-1)9-5-6-10-7-9;1-2-8-6-4-3-5-7-8;;;/h1-5,7-8H,9H2;1-7H;1,3-7H,2H2;2*1H;/q2*-1;;;;+2/p-2. The Morgan fingerprint density at radius 2 is 1.53 bits per heavy atom. The van der Waals surface area contributed by atoms with E-state index >= 15 is 0 Å². The minimum Gasteiger partial charge on any atom is -0.515 e. The van der Waals surface area contributed by atoms with Crippen LogP contribution in [0, 0.1) is 6.07 Å². The molecule has 4 heteroatoms. The van der Waals surface area contributed by atoms with Gasteiger partial charge in [-0.3, -0.25) is 0 Å². The number of rotatable bonds is 3. The molecule has 0 atom stereocenters. The van der Waals surface area contributed by atoms with Crippen LogP contribution in [0.3, 0.4) is 0 Å². The van der Waals surface area contributed by atoms with E-state index in [2.05, 4.69) is 82.6 Å². The van der Waals surface area contributed by atoms with Crippen LogP contribution < -0.4 is 24.8 Å². The van der Waals surface area contributed by atoms with Crippen molar-refractivity contribution in [2.24, 2.45) is 0 Å². The van der Waals surface area contributed by atoms with Gasteiger partial charge < -0.3 is 29.2 Å². The fourth-order valence-corrected chi connectivity index (χ4v) is 4.30. The molecule has 1 heterocycles. The zero-order valence-corrected chi connectivity index (χ0v) is 22.6. The Morgan fingerprint density at radius 1 is 0.824 bits per heavy atom. The van der Waals surface area contributed by atoms with Gasteiger partial charge in [0.05, 0.1) is 0 Å². The first kappa shape index (κ1) is 27.9. The van der Waals surface area contributed by atoms with Crippen LogP contribution in [0.2, 0.25) is 0 Å². The summed E-state index contributed by atoms with van der Waals surface area (Å²) in [6, 6.07) is 38.7. The summed E-state index contributed by atoms with van der Waals surface area (Å²) < 4.78 is 7.19. The zero-order valence-electron chi connectivity index (χ0n) is 18.6. The molecular weight excluding hydrogens is 538 g/mol. The zero-order chi connectivity index (χ0) is 22.0. The Bertz CT molecular complexity index is 1150. The average molecular weight is 563 g/mol. The van der Waals surface area contributed by atoms with Crippen molar-refractivity contribution in [3.8, 4) is 22.3 Å². The topological polar surface area (TPSA) is 13.1 Å². The number of benzene rings is 3. The summed E-state index contributed by atoms with van der Waals surface area (Å²) in [6.07, 6.45) is 5.60. The number of hydrogen-bond acceptors (Lipinski definition) is 1. The van der Waals surface area contributed by atoms with Gasteiger partial charge in [0.25, 0.3) is 0 Å². The third-order valence-electron chi connectivity index (χ3n) is 5.31.